The zero-order valence-electron chi connectivity index (χ0n) is 5.68. The first-order valence-electron chi connectivity index (χ1n) is 2.46. The summed E-state index contributed by atoms with van der Waals surface area (Å²) in [6.45, 7) is 2.45. The highest BCUT2D eigenvalue weighted by molar-refractivity contribution is 5.53. The third-order valence-electron chi connectivity index (χ3n) is 0.561. The number of rotatable bonds is 2. The topological polar surface area (TPSA) is 57.5 Å². The Hall–Kier alpha value is -1.27. The van der Waals surface area contributed by atoms with Gasteiger partial charge < -0.3 is 10.2 Å². The minimum Gasteiger partial charge on any atom is -0.450 e. The van der Waals surface area contributed by atoms with E-state index in [1.54, 1.807) is 0 Å². The predicted octanol–water partition coefficient (Wildman–Crippen LogP) is 2.30. The molecule has 0 fully saturated rings. The van der Waals surface area contributed by atoms with Crippen molar-refractivity contribution in [3.8, 4) is 0 Å². The number of halogens is 4. The van der Waals surface area contributed by atoms with Crippen molar-refractivity contribution < 1.29 is 32.6 Å². The second-order valence-electron chi connectivity index (χ2n) is 1.46. The summed E-state index contributed by atoms with van der Waals surface area (Å²) in [5, 5.41) is 13.9. The van der Waals surface area contributed by atoms with Crippen LogP contribution in [0.3, 0.4) is 0 Å². The summed E-state index contributed by atoms with van der Waals surface area (Å²) in [7, 11) is 0. The van der Waals surface area contributed by atoms with E-state index in [1.165, 1.54) is 0 Å². The summed E-state index contributed by atoms with van der Waals surface area (Å²) in [4.78, 5) is 8.56. The van der Waals surface area contributed by atoms with E-state index >= 15 is 0 Å². The highest BCUT2D eigenvalue weighted by Crippen LogP contribution is 2.13. The zero-order chi connectivity index (χ0) is 10.3. The fourth-order valence-electron chi connectivity index (χ4n) is 0.0952. The molecule has 72 valence electrons. The minimum atomic E-state index is -3.10. The number of hydrogen-bond acceptors (Lipinski definition) is 1. The number of alkyl halides is 4. The highest BCUT2D eigenvalue weighted by Gasteiger charge is 2.17. The largest absolute Gasteiger partial charge is 0.503 e. The Kier molecular flexibility index (Phi) is 7.15. The van der Waals surface area contributed by atoms with Crippen LogP contribution in [0.25, 0.3) is 0 Å². The standard InChI is InChI=1S/C4H4F4.CH2O3/c1-2(3(5)6)4(7)8;2-1(3)4/h3-4H,1H2;(H2,2,3,4). The van der Waals surface area contributed by atoms with Crippen molar-refractivity contribution in [1.29, 1.82) is 0 Å². The van der Waals surface area contributed by atoms with Crippen molar-refractivity contribution in [1.82, 2.24) is 0 Å². The molecule has 0 aromatic rings. The molecule has 0 atom stereocenters. The van der Waals surface area contributed by atoms with E-state index in [4.69, 9.17) is 15.0 Å². The molecule has 0 heterocycles. The molecular weight excluding hydrogens is 184 g/mol. The number of carboxylic acid groups (broad SMARTS) is 2. The van der Waals surface area contributed by atoms with Gasteiger partial charge in [0, 0.05) is 0 Å². The third kappa shape index (κ3) is 11.5. The molecule has 0 saturated heterocycles. The van der Waals surface area contributed by atoms with Crippen molar-refractivity contribution in [2.75, 3.05) is 0 Å². The Balaban J connectivity index is 0. The lowest BCUT2D eigenvalue weighted by atomic mass is 10.3. The molecule has 3 nitrogen and oxygen atoms in total. The molecule has 0 aliphatic rings. The van der Waals surface area contributed by atoms with Crippen LogP contribution in [0.5, 0.6) is 0 Å². The molecule has 2 N–H and O–H groups in total. The lowest BCUT2D eigenvalue weighted by Crippen LogP contribution is -2.04. The average Bonchev–Trinajstić information content (AvgIpc) is 1.84. The van der Waals surface area contributed by atoms with Gasteiger partial charge in [-0.3, -0.25) is 0 Å². The molecule has 0 rings (SSSR count). The molecule has 0 aliphatic heterocycles. The van der Waals surface area contributed by atoms with Crippen molar-refractivity contribution in [3.05, 3.63) is 12.2 Å². The van der Waals surface area contributed by atoms with Gasteiger partial charge >= 0.3 is 6.16 Å². The van der Waals surface area contributed by atoms with Crippen molar-refractivity contribution in [3.63, 3.8) is 0 Å². The number of hydrogen-bond donors (Lipinski definition) is 2. The van der Waals surface area contributed by atoms with Crippen LogP contribution in [-0.4, -0.2) is 29.2 Å². The SMILES string of the molecule is C=C(C(F)F)C(F)F.O=C(O)O. The van der Waals surface area contributed by atoms with E-state index in [0.29, 0.717) is 0 Å². The monoisotopic (exact) mass is 190 g/mol. The average molecular weight is 190 g/mol. The first-order chi connectivity index (χ1) is 5.29. The molecule has 12 heavy (non-hydrogen) atoms. The van der Waals surface area contributed by atoms with Gasteiger partial charge in [0.1, 0.15) is 0 Å². The van der Waals surface area contributed by atoms with Crippen molar-refractivity contribution in [2.24, 2.45) is 0 Å². The normalized spacial score (nSPS) is 9.17. The number of allylic oxidation sites excluding steroid dienone is 1. The Morgan fingerprint density at radius 1 is 1.08 bits per heavy atom. The Morgan fingerprint density at radius 2 is 1.25 bits per heavy atom. The van der Waals surface area contributed by atoms with Gasteiger partial charge in [0.05, 0.1) is 5.57 Å². The molecular formula is C5H6F4O3. The third-order valence-corrected chi connectivity index (χ3v) is 0.561. The number of carbonyl (C=O) groups is 1. The van der Waals surface area contributed by atoms with E-state index in [1.807, 2.05) is 0 Å². The van der Waals surface area contributed by atoms with Gasteiger partial charge in [0.15, 0.2) is 0 Å². The molecule has 7 heteroatoms. The second-order valence-corrected chi connectivity index (χ2v) is 1.46. The molecule has 0 spiro atoms. The fourth-order valence-corrected chi connectivity index (χ4v) is 0.0952. The Labute approximate surface area is 64.9 Å². The van der Waals surface area contributed by atoms with Crippen LogP contribution in [0.2, 0.25) is 0 Å². The molecule has 0 bridgehead atoms. The Morgan fingerprint density at radius 3 is 1.25 bits per heavy atom. The maximum atomic E-state index is 11.1. The summed E-state index contributed by atoms with van der Waals surface area (Å²) in [5.74, 6) is 0. The van der Waals surface area contributed by atoms with Gasteiger partial charge in [0.25, 0.3) is 12.9 Å². The van der Waals surface area contributed by atoms with Crippen molar-refractivity contribution in [2.45, 2.75) is 12.9 Å². The van der Waals surface area contributed by atoms with Crippen LogP contribution in [-0.2, 0) is 0 Å². The van der Waals surface area contributed by atoms with Crippen LogP contribution >= 0.6 is 0 Å². The van der Waals surface area contributed by atoms with Gasteiger partial charge in [-0.15, -0.1) is 0 Å². The summed E-state index contributed by atoms with van der Waals surface area (Å²) >= 11 is 0. The smallest absolute Gasteiger partial charge is 0.450 e. The van der Waals surface area contributed by atoms with Crippen LogP contribution in [0.4, 0.5) is 22.4 Å². The van der Waals surface area contributed by atoms with Crippen LogP contribution in [0, 0.1) is 0 Å². The first kappa shape index (κ1) is 13.3. The van der Waals surface area contributed by atoms with Crippen molar-refractivity contribution >= 4 is 6.16 Å². The van der Waals surface area contributed by atoms with Gasteiger partial charge in [0.2, 0.25) is 0 Å². The quantitative estimate of drug-likeness (QED) is 0.518. The van der Waals surface area contributed by atoms with E-state index in [0.717, 1.165) is 0 Å². The maximum absolute atomic E-state index is 11.1. The summed E-state index contributed by atoms with van der Waals surface area (Å²) in [6, 6.07) is 0. The van der Waals surface area contributed by atoms with Crippen LogP contribution in [0.15, 0.2) is 12.2 Å². The minimum absolute atomic E-state index is 1.31. The van der Waals surface area contributed by atoms with E-state index in [9.17, 15) is 17.6 Å². The van der Waals surface area contributed by atoms with Gasteiger partial charge in [-0.05, 0) is 0 Å². The van der Waals surface area contributed by atoms with E-state index in [-0.39, 0.29) is 0 Å². The van der Waals surface area contributed by atoms with Gasteiger partial charge in [-0.25, -0.2) is 22.4 Å². The molecule has 0 radical (unpaired) electrons. The zero-order valence-corrected chi connectivity index (χ0v) is 5.68. The molecule has 0 aromatic heterocycles. The molecule has 0 aliphatic carbocycles. The lowest BCUT2D eigenvalue weighted by molar-refractivity contribution is 0.112. The first-order valence-corrected chi connectivity index (χ1v) is 2.46. The Bertz CT molecular complexity index is 143. The molecule has 0 aromatic carbocycles. The van der Waals surface area contributed by atoms with Crippen LogP contribution in [0.1, 0.15) is 0 Å². The predicted molar refractivity (Wildman–Crippen MR) is 31.8 cm³/mol. The summed E-state index contributed by atoms with van der Waals surface area (Å²) in [6.07, 6.45) is -8.04. The van der Waals surface area contributed by atoms with Crippen LogP contribution < -0.4 is 0 Å². The van der Waals surface area contributed by atoms with Gasteiger partial charge in [-0.1, -0.05) is 6.58 Å². The lowest BCUT2D eigenvalue weighted by Gasteiger charge is -1.98. The maximum Gasteiger partial charge on any atom is 0.503 e. The summed E-state index contributed by atoms with van der Waals surface area (Å²) in [5.41, 5.74) is -1.31. The molecule has 0 saturated carbocycles. The molecule has 0 unspecified atom stereocenters. The highest BCUT2D eigenvalue weighted by atomic mass is 19.3. The fraction of sp³-hybridized carbons (Fsp3) is 0.400. The van der Waals surface area contributed by atoms with E-state index < -0.39 is 24.6 Å². The summed E-state index contributed by atoms with van der Waals surface area (Å²) < 4.78 is 44.4. The molecule has 0 amide bonds. The van der Waals surface area contributed by atoms with E-state index in [2.05, 4.69) is 6.58 Å². The second kappa shape index (κ2) is 6.44. The van der Waals surface area contributed by atoms with Gasteiger partial charge in [-0.2, -0.15) is 0 Å².